The average Bonchev–Trinajstić information content (AvgIpc) is 2.02. The second-order valence-electron chi connectivity index (χ2n) is 4.05. The largest absolute Gasteiger partial charge is 0.481 e. The number of aliphatic carboxylic acids is 1. The van der Waals surface area contributed by atoms with E-state index in [1.54, 1.807) is 0 Å². The minimum absolute atomic E-state index is 0.0357. The van der Waals surface area contributed by atoms with Gasteiger partial charge >= 0.3 is 5.97 Å². The molecule has 74 valence electrons. The second-order valence-corrected chi connectivity index (χ2v) is 4.05. The van der Waals surface area contributed by atoms with E-state index in [1.165, 1.54) is 0 Å². The Morgan fingerprint density at radius 3 is 2.23 bits per heavy atom. The van der Waals surface area contributed by atoms with Crippen LogP contribution in [-0.2, 0) is 9.53 Å². The lowest BCUT2D eigenvalue weighted by Crippen LogP contribution is -2.47. The van der Waals surface area contributed by atoms with E-state index < -0.39 is 5.97 Å². The highest BCUT2D eigenvalue weighted by Gasteiger charge is 2.42. The van der Waals surface area contributed by atoms with Crippen LogP contribution < -0.4 is 0 Å². The number of carbonyl (C=O) groups is 1. The minimum atomic E-state index is -0.733. The van der Waals surface area contributed by atoms with Gasteiger partial charge in [0.25, 0.3) is 0 Å². The van der Waals surface area contributed by atoms with Gasteiger partial charge in [0, 0.05) is 11.8 Å². The van der Waals surface area contributed by atoms with Crippen LogP contribution in [0.4, 0.5) is 0 Å². The summed E-state index contributed by atoms with van der Waals surface area (Å²) in [6.07, 6.45) is 0.782. The van der Waals surface area contributed by atoms with Crippen LogP contribution in [-0.4, -0.2) is 35.5 Å². The van der Waals surface area contributed by atoms with E-state index in [0.29, 0.717) is 26.1 Å². The number of rotatable bonds is 1. The number of hydrogen-bond acceptors (Lipinski definition) is 3. The number of hydrogen-bond donors (Lipinski definition) is 2. The molecule has 2 bridgehead atoms. The van der Waals surface area contributed by atoms with Crippen molar-refractivity contribution in [2.45, 2.75) is 18.9 Å². The van der Waals surface area contributed by atoms with E-state index in [-0.39, 0.29) is 23.9 Å². The molecule has 13 heavy (non-hydrogen) atoms. The molecule has 0 aromatic rings. The predicted octanol–water partition coefficient (Wildman–Crippen LogP) is 0.105. The van der Waals surface area contributed by atoms with Gasteiger partial charge in [-0.2, -0.15) is 0 Å². The first-order valence-electron chi connectivity index (χ1n) is 4.67. The minimum Gasteiger partial charge on any atom is -0.481 e. The molecule has 2 rings (SSSR count). The first-order chi connectivity index (χ1) is 6.18. The summed E-state index contributed by atoms with van der Waals surface area (Å²) in [5.41, 5.74) is 0. The summed E-state index contributed by atoms with van der Waals surface area (Å²) in [5, 5.41) is 18.6. The summed E-state index contributed by atoms with van der Waals surface area (Å²) in [6.45, 7) is 1.03. The van der Waals surface area contributed by atoms with Gasteiger partial charge < -0.3 is 14.9 Å². The van der Waals surface area contributed by atoms with Gasteiger partial charge in [0.2, 0.25) is 0 Å². The number of carboxylic acid groups (broad SMARTS) is 1. The molecule has 2 aliphatic rings. The zero-order valence-corrected chi connectivity index (χ0v) is 7.35. The second kappa shape index (κ2) is 3.27. The van der Waals surface area contributed by atoms with Crippen LogP contribution in [0.15, 0.2) is 0 Å². The van der Waals surface area contributed by atoms with Crippen LogP contribution >= 0.6 is 0 Å². The number of fused-ring (bicyclic) bond motifs is 2. The quantitative estimate of drug-likeness (QED) is 0.609. The molecule has 1 aliphatic heterocycles. The van der Waals surface area contributed by atoms with Gasteiger partial charge in [0.05, 0.1) is 25.2 Å². The van der Waals surface area contributed by atoms with Crippen molar-refractivity contribution in [3.8, 4) is 0 Å². The third-order valence-electron chi connectivity index (χ3n) is 3.15. The van der Waals surface area contributed by atoms with Gasteiger partial charge in [-0.05, 0) is 12.8 Å². The van der Waals surface area contributed by atoms with E-state index in [1.807, 2.05) is 0 Å². The first-order valence-corrected chi connectivity index (χ1v) is 4.67. The third-order valence-corrected chi connectivity index (χ3v) is 3.15. The Hall–Kier alpha value is -0.610. The van der Waals surface area contributed by atoms with Crippen LogP contribution in [0.5, 0.6) is 0 Å². The van der Waals surface area contributed by atoms with Crippen LogP contribution in [0.1, 0.15) is 12.8 Å². The van der Waals surface area contributed by atoms with E-state index in [4.69, 9.17) is 9.84 Å². The molecular formula is C9H14O4. The van der Waals surface area contributed by atoms with Gasteiger partial charge in [-0.25, -0.2) is 0 Å². The molecule has 1 saturated carbocycles. The number of aliphatic hydroxyl groups is 1. The van der Waals surface area contributed by atoms with Gasteiger partial charge in [-0.1, -0.05) is 0 Å². The molecule has 4 heteroatoms. The topological polar surface area (TPSA) is 66.8 Å². The van der Waals surface area contributed by atoms with Gasteiger partial charge in [0.15, 0.2) is 0 Å². The molecule has 2 N–H and O–H groups in total. The normalized spacial score (nSPS) is 44.4. The summed E-state index contributed by atoms with van der Waals surface area (Å²) in [5.74, 6) is -0.937. The van der Waals surface area contributed by atoms with Crippen molar-refractivity contribution in [2.24, 2.45) is 17.8 Å². The molecule has 0 aromatic carbocycles. The monoisotopic (exact) mass is 186 g/mol. The van der Waals surface area contributed by atoms with Gasteiger partial charge in [0.1, 0.15) is 0 Å². The van der Waals surface area contributed by atoms with E-state index in [9.17, 15) is 9.90 Å². The highest BCUT2D eigenvalue weighted by Crippen LogP contribution is 2.37. The van der Waals surface area contributed by atoms with Crippen LogP contribution in [0.25, 0.3) is 0 Å². The highest BCUT2D eigenvalue weighted by molar-refractivity contribution is 5.70. The molecular weight excluding hydrogens is 172 g/mol. The smallest absolute Gasteiger partial charge is 0.306 e. The van der Waals surface area contributed by atoms with Crippen molar-refractivity contribution in [3.05, 3.63) is 0 Å². The molecule has 0 radical (unpaired) electrons. The molecule has 0 unspecified atom stereocenters. The van der Waals surface area contributed by atoms with E-state index in [2.05, 4.69) is 0 Å². The standard InChI is InChI=1S/C9H14O4/c10-8-6-1-5(9(11)12)2-7(8)4-13-3-6/h5-8,10H,1-4H2,(H,11,12)/t5?,6-,7-,8?/m1/s1. The fourth-order valence-electron chi connectivity index (χ4n) is 2.40. The molecule has 1 heterocycles. The molecule has 1 saturated heterocycles. The van der Waals surface area contributed by atoms with Gasteiger partial charge in [-0.3, -0.25) is 4.79 Å². The first kappa shape index (κ1) is 8.97. The van der Waals surface area contributed by atoms with Crippen molar-refractivity contribution in [1.29, 1.82) is 0 Å². The summed E-state index contributed by atoms with van der Waals surface area (Å²) in [4.78, 5) is 10.8. The third kappa shape index (κ3) is 1.56. The summed E-state index contributed by atoms with van der Waals surface area (Å²) < 4.78 is 5.28. The zero-order chi connectivity index (χ0) is 9.42. The maximum atomic E-state index is 10.8. The maximum Gasteiger partial charge on any atom is 0.306 e. The lowest BCUT2D eigenvalue weighted by molar-refractivity contribution is -0.155. The van der Waals surface area contributed by atoms with Gasteiger partial charge in [-0.15, -0.1) is 0 Å². The van der Waals surface area contributed by atoms with E-state index in [0.717, 1.165) is 0 Å². The van der Waals surface area contributed by atoms with E-state index >= 15 is 0 Å². The Bertz CT molecular complexity index is 202. The van der Waals surface area contributed by atoms with Crippen LogP contribution in [0.3, 0.4) is 0 Å². The molecule has 0 spiro atoms. The predicted molar refractivity (Wildman–Crippen MR) is 44.2 cm³/mol. The molecule has 1 aliphatic carbocycles. The zero-order valence-electron chi connectivity index (χ0n) is 7.35. The highest BCUT2D eigenvalue weighted by atomic mass is 16.5. The molecule has 4 nitrogen and oxygen atoms in total. The fourth-order valence-corrected chi connectivity index (χ4v) is 2.40. The average molecular weight is 186 g/mol. The summed E-state index contributed by atoms with van der Waals surface area (Å²) >= 11 is 0. The fraction of sp³-hybridized carbons (Fsp3) is 0.889. The van der Waals surface area contributed by atoms with Crippen molar-refractivity contribution in [2.75, 3.05) is 13.2 Å². The molecule has 0 aromatic heterocycles. The lowest BCUT2D eigenvalue weighted by atomic mass is 9.72. The Morgan fingerprint density at radius 1 is 1.23 bits per heavy atom. The Morgan fingerprint density at radius 2 is 1.77 bits per heavy atom. The van der Waals surface area contributed by atoms with Crippen molar-refractivity contribution in [1.82, 2.24) is 0 Å². The number of carboxylic acids is 1. The molecule has 0 amide bonds. The number of ether oxygens (including phenoxy) is 1. The summed E-state index contributed by atoms with van der Waals surface area (Å²) in [6, 6.07) is 0. The SMILES string of the molecule is O=C(O)C1C[C@@H]2COC[C@@H](C1)C2O. The lowest BCUT2D eigenvalue weighted by Gasteiger charge is -2.41. The summed E-state index contributed by atoms with van der Waals surface area (Å²) in [7, 11) is 0. The Kier molecular flexibility index (Phi) is 2.26. The molecule has 2 fully saturated rings. The number of aliphatic hydroxyl groups excluding tert-OH is 1. The Labute approximate surface area is 76.5 Å². The van der Waals surface area contributed by atoms with Crippen molar-refractivity contribution >= 4 is 5.97 Å². The molecule has 2 atom stereocenters. The van der Waals surface area contributed by atoms with Crippen molar-refractivity contribution < 1.29 is 19.7 Å². The maximum absolute atomic E-state index is 10.8. The van der Waals surface area contributed by atoms with Crippen molar-refractivity contribution in [3.63, 3.8) is 0 Å². The Balaban J connectivity index is 2.07. The van der Waals surface area contributed by atoms with Crippen LogP contribution in [0.2, 0.25) is 0 Å². The van der Waals surface area contributed by atoms with Crippen LogP contribution in [0, 0.1) is 17.8 Å².